The maximum Gasteiger partial charge on any atom is 0.258 e. The normalized spacial score (nSPS) is 11.0. The van der Waals surface area contributed by atoms with Crippen LogP contribution in [0.3, 0.4) is 0 Å². The van der Waals surface area contributed by atoms with Crippen LogP contribution in [0.2, 0.25) is 0 Å². The molecule has 0 aromatic heterocycles. The Labute approximate surface area is 193 Å². The number of nitrogens with one attached hydrogen (secondary N) is 2. The molecule has 7 nitrogen and oxygen atoms in total. The van der Waals surface area contributed by atoms with Crippen molar-refractivity contribution < 1.29 is 19.4 Å². The van der Waals surface area contributed by atoms with E-state index in [1.807, 2.05) is 30.3 Å². The predicted octanol–water partition coefficient (Wildman–Crippen LogP) is 3.64. The quantitative estimate of drug-likeness (QED) is 0.281. The number of rotatable bonds is 10. The third-order valence-electron chi connectivity index (χ3n) is 4.78. The largest absolute Gasteiger partial charge is 0.508 e. The molecule has 0 unspecified atom stereocenters. The van der Waals surface area contributed by atoms with E-state index in [0.717, 1.165) is 5.75 Å². The van der Waals surface area contributed by atoms with Crippen LogP contribution in [0.4, 0.5) is 0 Å². The number of para-hydroxylation sites is 1. The summed E-state index contributed by atoms with van der Waals surface area (Å²) in [6.45, 7) is 2.36. The number of amides is 1. The van der Waals surface area contributed by atoms with Crippen molar-refractivity contribution in [1.82, 2.24) is 5.32 Å². The van der Waals surface area contributed by atoms with Gasteiger partial charge >= 0.3 is 0 Å². The second-order valence-corrected chi connectivity index (χ2v) is 7.34. The van der Waals surface area contributed by atoms with E-state index >= 15 is 0 Å². The zero-order valence-corrected chi connectivity index (χ0v) is 18.4. The standard InChI is InChI=1S/C26H27N3O4/c1-18-14-20(10-11-25(18)30)24(28)16-23(27)19-6-5-9-22(15-19)33-17-26(31)29-12-13-32-21-7-3-2-4-8-21/h2-11,14-16,28,30H,12-13,17,27H2,1H3,(H,29,31)/b23-16-,28-24?. The Morgan fingerprint density at radius 3 is 2.52 bits per heavy atom. The number of aromatic hydroxyl groups is 1. The fourth-order valence-electron chi connectivity index (χ4n) is 2.99. The number of hydrogen-bond donors (Lipinski definition) is 4. The van der Waals surface area contributed by atoms with Crippen LogP contribution in [0.25, 0.3) is 5.70 Å². The van der Waals surface area contributed by atoms with Gasteiger partial charge in [0.05, 0.1) is 12.3 Å². The molecule has 0 saturated carbocycles. The van der Waals surface area contributed by atoms with E-state index < -0.39 is 0 Å². The van der Waals surface area contributed by atoms with Crippen LogP contribution in [0, 0.1) is 12.3 Å². The van der Waals surface area contributed by atoms with E-state index in [-0.39, 0.29) is 24.0 Å². The van der Waals surface area contributed by atoms with Crippen molar-refractivity contribution in [2.24, 2.45) is 5.73 Å². The maximum absolute atomic E-state index is 12.0. The summed E-state index contributed by atoms with van der Waals surface area (Å²) < 4.78 is 11.1. The van der Waals surface area contributed by atoms with Gasteiger partial charge in [-0.05, 0) is 66.6 Å². The van der Waals surface area contributed by atoms with E-state index in [9.17, 15) is 9.90 Å². The van der Waals surface area contributed by atoms with Crippen LogP contribution in [0.1, 0.15) is 16.7 Å². The van der Waals surface area contributed by atoms with Gasteiger partial charge in [0.15, 0.2) is 6.61 Å². The number of nitrogens with two attached hydrogens (primary N) is 1. The van der Waals surface area contributed by atoms with Crippen LogP contribution >= 0.6 is 0 Å². The Kier molecular flexibility index (Phi) is 8.07. The molecule has 0 fully saturated rings. The number of aryl methyl sites for hydroxylation is 1. The third kappa shape index (κ3) is 7.14. The van der Waals surface area contributed by atoms with Crippen LogP contribution in [0.15, 0.2) is 78.9 Å². The Bertz CT molecular complexity index is 1140. The molecule has 0 bridgehead atoms. The molecule has 0 aliphatic rings. The Hall–Kier alpha value is -4.26. The van der Waals surface area contributed by atoms with Gasteiger partial charge in [0.25, 0.3) is 5.91 Å². The van der Waals surface area contributed by atoms with Gasteiger partial charge in [0.1, 0.15) is 23.9 Å². The molecule has 1 amide bonds. The summed E-state index contributed by atoms with van der Waals surface area (Å²) in [5.41, 5.74) is 8.79. The first-order valence-electron chi connectivity index (χ1n) is 10.5. The summed E-state index contributed by atoms with van der Waals surface area (Å²) in [5.74, 6) is 1.16. The first kappa shape index (κ1) is 23.4. The molecule has 170 valence electrons. The fourth-order valence-corrected chi connectivity index (χ4v) is 2.99. The molecule has 3 aromatic rings. The topological polar surface area (TPSA) is 118 Å². The summed E-state index contributed by atoms with van der Waals surface area (Å²) in [4.78, 5) is 12.0. The van der Waals surface area contributed by atoms with Crippen LogP contribution in [-0.4, -0.2) is 36.5 Å². The molecule has 0 saturated heterocycles. The van der Waals surface area contributed by atoms with Crippen LogP contribution < -0.4 is 20.5 Å². The monoisotopic (exact) mass is 445 g/mol. The highest BCUT2D eigenvalue weighted by molar-refractivity contribution is 6.10. The van der Waals surface area contributed by atoms with Gasteiger partial charge in [-0.1, -0.05) is 30.3 Å². The highest BCUT2D eigenvalue weighted by Crippen LogP contribution is 2.20. The molecule has 3 rings (SSSR count). The number of allylic oxidation sites excluding steroid dienone is 1. The van der Waals surface area contributed by atoms with Crippen molar-refractivity contribution >= 4 is 17.3 Å². The van der Waals surface area contributed by atoms with Gasteiger partial charge in [0, 0.05) is 11.3 Å². The molecule has 0 aliphatic heterocycles. The number of carbonyl (C=O) groups excluding carboxylic acids is 1. The second kappa shape index (κ2) is 11.4. The molecular weight excluding hydrogens is 418 g/mol. The minimum Gasteiger partial charge on any atom is -0.508 e. The van der Waals surface area contributed by atoms with Gasteiger partial charge in [0.2, 0.25) is 0 Å². The SMILES string of the molecule is Cc1cc(C(=N)/C=C(\N)c2cccc(OCC(=O)NCCOc3ccccc3)c2)ccc1O. The number of ether oxygens (including phenoxy) is 2. The average molecular weight is 446 g/mol. The maximum atomic E-state index is 12.0. The van der Waals surface area contributed by atoms with Crippen molar-refractivity contribution in [2.45, 2.75) is 6.92 Å². The second-order valence-electron chi connectivity index (χ2n) is 7.34. The highest BCUT2D eigenvalue weighted by Gasteiger charge is 2.07. The predicted molar refractivity (Wildman–Crippen MR) is 129 cm³/mol. The lowest BCUT2D eigenvalue weighted by Crippen LogP contribution is -2.32. The summed E-state index contributed by atoms with van der Waals surface area (Å²) in [5, 5.41) is 20.7. The zero-order chi connectivity index (χ0) is 23.6. The summed E-state index contributed by atoms with van der Waals surface area (Å²) in [6.07, 6.45) is 1.55. The lowest BCUT2D eigenvalue weighted by molar-refractivity contribution is -0.123. The first-order chi connectivity index (χ1) is 15.9. The fraction of sp³-hybridized carbons (Fsp3) is 0.154. The molecule has 7 heteroatoms. The number of phenols is 1. The van der Waals surface area contributed by atoms with Crippen molar-refractivity contribution in [1.29, 1.82) is 5.41 Å². The summed E-state index contributed by atoms with van der Waals surface area (Å²) in [7, 11) is 0. The summed E-state index contributed by atoms with van der Waals surface area (Å²) in [6, 6.07) is 21.3. The van der Waals surface area contributed by atoms with Gasteiger partial charge in [-0.2, -0.15) is 0 Å². The van der Waals surface area contributed by atoms with E-state index in [0.29, 0.717) is 41.3 Å². The van der Waals surface area contributed by atoms with Crippen LogP contribution in [-0.2, 0) is 4.79 Å². The molecule has 0 spiro atoms. The number of phenolic OH excluding ortho intramolecular Hbond substituents is 1. The van der Waals surface area contributed by atoms with Crippen molar-refractivity contribution in [3.8, 4) is 17.2 Å². The molecule has 3 aromatic carbocycles. The first-order valence-corrected chi connectivity index (χ1v) is 10.5. The van der Waals surface area contributed by atoms with Crippen molar-refractivity contribution in [2.75, 3.05) is 19.8 Å². The van der Waals surface area contributed by atoms with Crippen LogP contribution in [0.5, 0.6) is 17.2 Å². The van der Waals surface area contributed by atoms with Gasteiger partial charge in [-0.25, -0.2) is 0 Å². The van der Waals surface area contributed by atoms with Crippen molar-refractivity contribution in [3.05, 3.63) is 95.6 Å². The Balaban J connectivity index is 1.50. The third-order valence-corrected chi connectivity index (χ3v) is 4.78. The minimum atomic E-state index is -0.259. The number of carbonyl (C=O) groups is 1. The Morgan fingerprint density at radius 2 is 1.76 bits per heavy atom. The molecule has 0 aliphatic carbocycles. The van der Waals surface area contributed by atoms with E-state index in [4.69, 9.17) is 20.6 Å². The molecule has 33 heavy (non-hydrogen) atoms. The zero-order valence-electron chi connectivity index (χ0n) is 18.4. The lowest BCUT2D eigenvalue weighted by Gasteiger charge is -2.10. The van der Waals surface area contributed by atoms with Crippen molar-refractivity contribution in [3.63, 3.8) is 0 Å². The van der Waals surface area contributed by atoms with Gasteiger partial charge < -0.3 is 31.0 Å². The molecule has 0 radical (unpaired) electrons. The molecule has 0 atom stereocenters. The highest BCUT2D eigenvalue weighted by atomic mass is 16.5. The molecular formula is C26H27N3O4. The number of benzene rings is 3. The van der Waals surface area contributed by atoms with E-state index in [2.05, 4.69) is 5.32 Å². The van der Waals surface area contributed by atoms with E-state index in [1.54, 1.807) is 55.5 Å². The average Bonchev–Trinajstić information content (AvgIpc) is 2.83. The summed E-state index contributed by atoms with van der Waals surface area (Å²) >= 11 is 0. The smallest absolute Gasteiger partial charge is 0.258 e. The number of hydrogen-bond acceptors (Lipinski definition) is 6. The lowest BCUT2D eigenvalue weighted by atomic mass is 10.0. The van der Waals surface area contributed by atoms with Gasteiger partial charge in [-0.15, -0.1) is 0 Å². The minimum absolute atomic E-state index is 0.138. The Morgan fingerprint density at radius 1 is 1.00 bits per heavy atom. The molecule has 0 heterocycles. The van der Waals surface area contributed by atoms with Gasteiger partial charge in [-0.3, -0.25) is 4.79 Å². The molecule has 5 N–H and O–H groups in total. The van der Waals surface area contributed by atoms with E-state index in [1.165, 1.54) is 0 Å².